The van der Waals surface area contributed by atoms with Gasteiger partial charge in [0.25, 0.3) is 21.8 Å². The molecule has 0 bridgehead atoms. The number of halogens is 1. The smallest absolute Gasteiger partial charge is 0.265 e. The first-order valence-electron chi connectivity index (χ1n) is 16.7. The van der Waals surface area contributed by atoms with Crippen LogP contribution in [0.25, 0.3) is 16.5 Å². The largest absolute Gasteiger partial charge is 0.394 e. The van der Waals surface area contributed by atoms with Crippen LogP contribution in [0.4, 0.5) is 5.82 Å². The molecule has 2 amide bonds. The lowest BCUT2D eigenvalue weighted by Gasteiger charge is -2.36. The Bertz CT molecular complexity index is 2180. The van der Waals surface area contributed by atoms with Gasteiger partial charge in [0.1, 0.15) is 5.02 Å². The number of benzene rings is 4. The van der Waals surface area contributed by atoms with Crippen molar-refractivity contribution in [3.8, 4) is 5.69 Å². The van der Waals surface area contributed by atoms with Crippen molar-refractivity contribution in [2.24, 2.45) is 0 Å². The van der Waals surface area contributed by atoms with Crippen LogP contribution in [0.15, 0.2) is 89.8 Å². The van der Waals surface area contributed by atoms with Crippen LogP contribution in [-0.4, -0.2) is 65.8 Å². The fourth-order valence-electron chi connectivity index (χ4n) is 6.52. The molecule has 5 aromatic rings. The van der Waals surface area contributed by atoms with E-state index in [4.69, 9.17) is 16.7 Å². The second-order valence-electron chi connectivity index (χ2n) is 12.5. The van der Waals surface area contributed by atoms with Crippen molar-refractivity contribution >= 4 is 50.0 Å². The SMILES string of the molecule is CCCN(CCC)c1nn(-c2ccc(C(=O)NS(=O)(=O)c3ccc4ccccc4c3)cc2C(=O)N2Cc3ccccc3C[C@H]2CO)c(C)c1Cl. The summed E-state index contributed by atoms with van der Waals surface area (Å²) in [6, 6.07) is 23.7. The average Bonchev–Trinajstić information content (AvgIpc) is 3.42. The summed E-state index contributed by atoms with van der Waals surface area (Å²) >= 11 is 6.88. The molecule has 12 heteroatoms. The van der Waals surface area contributed by atoms with Crippen LogP contribution in [-0.2, 0) is 23.0 Å². The monoisotopic (exact) mass is 713 g/mol. The number of aliphatic hydroxyl groups excluding tert-OH is 1. The van der Waals surface area contributed by atoms with Crippen LogP contribution in [0.1, 0.15) is 64.2 Å². The highest BCUT2D eigenvalue weighted by atomic mass is 35.5. The van der Waals surface area contributed by atoms with E-state index in [9.17, 15) is 23.1 Å². The second-order valence-corrected chi connectivity index (χ2v) is 14.6. The van der Waals surface area contributed by atoms with Crippen molar-refractivity contribution in [3.63, 3.8) is 0 Å². The predicted molar refractivity (Wildman–Crippen MR) is 196 cm³/mol. The molecule has 4 aromatic carbocycles. The van der Waals surface area contributed by atoms with Crippen molar-refractivity contribution in [2.45, 2.75) is 57.5 Å². The number of nitrogens with one attached hydrogen (secondary N) is 1. The molecule has 0 fully saturated rings. The first-order valence-corrected chi connectivity index (χ1v) is 18.6. The van der Waals surface area contributed by atoms with Gasteiger partial charge in [-0.15, -0.1) is 5.10 Å². The summed E-state index contributed by atoms with van der Waals surface area (Å²) in [5.41, 5.74) is 3.07. The summed E-state index contributed by atoms with van der Waals surface area (Å²) in [5.74, 6) is -0.740. The Hall–Kier alpha value is -4.71. The van der Waals surface area contributed by atoms with Gasteiger partial charge in [-0.2, -0.15) is 0 Å². The molecule has 50 heavy (non-hydrogen) atoms. The molecule has 1 atom stereocenters. The molecular weight excluding hydrogens is 674 g/mol. The van der Waals surface area contributed by atoms with Crippen LogP contribution in [0.3, 0.4) is 0 Å². The molecule has 0 radical (unpaired) electrons. The highest BCUT2D eigenvalue weighted by molar-refractivity contribution is 7.90. The van der Waals surface area contributed by atoms with Gasteiger partial charge >= 0.3 is 0 Å². The standard InChI is InChI=1S/C38H40ClN5O5S/c1-4-18-42(19-5-2)36-35(39)25(3)44(40-36)34-17-15-29(37(46)41-50(48,49)32-16-14-26-10-6-7-12-28(26)21-32)22-33(34)38(47)43-23-30-13-9-8-11-27(30)20-31(43)24-45/h6-17,21-22,31,45H,4-5,18-20,23-24H2,1-3H3,(H,41,46)/t31-/m0/s1. The number of carbonyl (C=O) groups is 2. The van der Waals surface area contributed by atoms with E-state index >= 15 is 0 Å². The van der Waals surface area contributed by atoms with Crippen molar-refractivity contribution in [3.05, 3.63) is 118 Å². The Kier molecular flexibility index (Phi) is 10.3. The minimum atomic E-state index is -4.26. The summed E-state index contributed by atoms with van der Waals surface area (Å²) in [5, 5.41) is 17.3. The van der Waals surface area contributed by atoms with Crippen LogP contribution in [0.2, 0.25) is 5.02 Å². The average molecular weight is 714 g/mol. The third-order valence-electron chi connectivity index (χ3n) is 9.12. The Balaban J connectivity index is 1.42. The lowest BCUT2D eigenvalue weighted by atomic mass is 9.93. The second kappa shape index (κ2) is 14.6. The van der Waals surface area contributed by atoms with Gasteiger partial charge in [0.2, 0.25) is 0 Å². The minimum absolute atomic E-state index is 0.0332. The lowest BCUT2D eigenvalue weighted by molar-refractivity contribution is 0.0544. The van der Waals surface area contributed by atoms with Crippen LogP contribution in [0.5, 0.6) is 0 Å². The molecule has 6 rings (SSSR count). The fraction of sp³-hybridized carbons (Fsp3) is 0.289. The molecule has 0 spiro atoms. The maximum atomic E-state index is 14.6. The van der Waals surface area contributed by atoms with Gasteiger partial charge in [-0.3, -0.25) is 9.59 Å². The van der Waals surface area contributed by atoms with Gasteiger partial charge in [-0.1, -0.05) is 80.0 Å². The van der Waals surface area contributed by atoms with Gasteiger partial charge in [-0.25, -0.2) is 17.8 Å². The van der Waals surface area contributed by atoms with E-state index in [0.717, 1.165) is 42.4 Å². The third-order valence-corrected chi connectivity index (χ3v) is 10.9. The van der Waals surface area contributed by atoms with Crippen LogP contribution >= 0.6 is 11.6 Å². The number of sulfonamides is 1. The molecule has 10 nitrogen and oxygen atoms in total. The molecule has 1 aromatic heterocycles. The van der Waals surface area contributed by atoms with Gasteiger partial charge in [0.05, 0.1) is 34.5 Å². The number of hydrogen-bond acceptors (Lipinski definition) is 7. The molecule has 2 heterocycles. The van der Waals surface area contributed by atoms with E-state index in [1.807, 2.05) is 49.4 Å². The van der Waals surface area contributed by atoms with Crippen molar-refractivity contribution in [2.75, 3.05) is 24.6 Å². The van der Waals surface area contributed by atoms with Crippen molar-refractivity contribution < 1.29 is 23.1 Å². The molecular formula is C38H40ClN5O5S. The number of aliphatic hydroxyl groups is 1. The van der Waals surface area contributed by atoms with Gasteiger partial charge in [-0.05, 0) is 78.4 Å². The highest BCUT2D eigenvalue weighted by Gasteiger charge is 2.33. The van der Waals surface area contributed by atoms with Gasteiger partial charge in [0, 0.05) is 25.2 Å². The minimum Gasteiger partial charge on any atom is -0.394 e. The van der Waals surface area contributed by atoms with E-state index in [-0.39, 0.29) is 29.2 Å². The Morgan fingerprint density at radius 3 is 2.32 bits per heavy atom. The van der Waals surface area contributed by atoms with Gasteiger partial charge < -0.3 is 14.9 Å². The van der Waals surface area contributed by atoms with E-state index in [2.05, 4.69) is 23.5 Å². The molecule has 0 saturated carbocycles. The van der Waals surface area contributed by atoms with E-state index < -0.39 is 27.9 Å². The summed E-state index contributed by atoms with van der Waals surface area (Å²) in [6.07, 6.45) is 2.23. The normalized spacial score (nSPS) is 14.4. The highest BCUT2D eigenvalue weighted by Crippen LogP contribution is 2.33. The number of carbonyl (C=O) groups excluding carboxylic acids is 2. The van der Waals surface area contributed by atoms with Crippen LogP contribution < -0.4 is 9.62 Å². The topological polar surface area (TPSA) is 125 Å². The molecule has 1 aliphatic heterocycles. The summed E-state index contributed by atoms with van der Waals surface area (Å²) in [7, 11) is -4.26. The Morgan fingerprint density at radius 1 is 0.940 bits per heavy atom. The summed E-state index contributed by atoms with van der Waals surface area (Å²) in [6.45, 7) is 7.44. The number of aromatic nitrogens is 2. The molecule has 0 saturated heterocycles. The summed E-state index contributed by atoms with van der Waals surface area (Å²) in [4.78, 5) is 31.9. The first-order chi connectivity index (χ1) is 24.1. The quantitative estimate of drug-likeness (QED) is 0.165. The number of hydrogen-bond donors (Lipinski definition) is 2. The summed E-state index contributed by atoms with van der Waals surface area (Å²) < 4.78 is 30.6. The number of amides is 2. The maximum Gasteiger partial charge on any atom is 0.265 e. The van der Waals surface area contributed by atoms with Crippen molar-refractivity contribution in [1.29, 1.82) is 0 Å². The van der Waals surface area contributed by atoms with Crippen molar-refractivity contribution in [1.82, 2.24) is 19.4 Å². The zero-order chi connectivity index (χ0) is 35.6. The number of fused-ring (bicyclic) bond motifs is 2. The fourth-order valence-corrected chi connectivity index (χ4v) is 7.77. The number of rotatable bonds is 11. The van der Waals surface area contributed by atoms with E-state index in [1.54, 1.807) is 27.8 Å². The van der Waals surface area contributed by atoms with Gasteiger partial charge in [0.15, 0.2) is 5.82 Å². The number of nitrogens with zero attached hydrogens (tertiary/aromatic N) is 4. The maximum absolute atomic E-state index is 14.6. The first kappa shape index (κ1) is 35.1. The molecule has 0 aliphatic carbocycles. The zero-order valence-corrected chi connectivity index (χ0v) is 29.8. The zero-order valence-electron chi connectivity index (χ0n) is 28.3. The molecule has 260 valence electrons. The predicted octanol–water partition coefficient (Wildman–Crippen LogP) is 6.29. The lowest BCUT2D eigenvalue weighted by Crippen LogP contribution is -2.46. The van der Waals surface area contributed by atoms with E-state index in [0.29, 0.717) is 34.0 Å². The van der Waals surface area contributed by atoms with E-state index in [1.165, 1.54) is 24.3 Å². The van der Waals surface area contributed by atoms with Crippen LogP contribution in [0, 0.1) is 6.92 Å². The molecule has 0 unspecified atom stereocenters. The number of anilines is 1. The molecule has 1 aliphatic rings. The third kappa shape index (κ3) is 6.85. The molecule has 2 N–H and O–H groups in total. The Labute approximate surface area is 297 Å². The Morgan fingerprint density at radius 2 is 1.62 bits per heavy atom.